The molecule has 2 amide bonds. The molecule has 5 heteroatoms. The number of esters is 1. The predicted molar refractivity (Wildman–Crippen MR) is 105 cm³/mol. The van der Waals surface area contributed by atoms with Crippen LogP contribution < -0.4 is 9.64 Å². The molecule has 1 saturated heterocycles. The van der Waals surface area contributed by atoms with Crippen LogP contribution in [0.15, 0.2) is 66.7 Å². The summed E-state index contributed by atoms with van der Waals surface area (Å²) < 4.78 is 5.59. The number of para-hydroxylation sites is 2. The molecule has 3 fully saturated rings. The van der Waals surface area contributed by atoms with E-state index in [0.29, 0.717) is 23.1 Å². The number of carbonyl (C=O) groups is 3. The zero-order valence-electron chi connectivity index (χ0n) is 15.6. The first-order valence-corrected chi connectivity index (χ1v) is 10.1. The van der Waals surface area contributed by atoms with Gasteiger partial charge in [0.15, 0.2) is 5.75 Å². The van der Waals surface area contributed by atoms with Gasteiger partial charge in [-0.05, 0) is 54.4 Å². The van der Waals surface area contributed by atoms with Crippen LogP contribution in [0.4, 0.5) is 5.69 Å². The Bertz CT molecular complexity index is 1040. The number of allylic oxidation sites excluding steroid dienone is 2. The maximum Gasteiger partial charge on any atom is 0.343 e. The van der Waals surface area contributed by atoms with E-state index in [4.69, 9.17) is 4.74 Å². The summed E-state index contributed by atoms with van der Waals surface area (Å²) >= 11 is 0. The summed E-state index contributed by atoms with van der Waals surface area (Å²) in [4.78, 5) is 40.5. The van der Waals surface area contributed by atoms with E-state index in [1.165, 1.54) is 4.90 Å². The van der Waals surface area contributed by atoms with Crippen LogP contribution in [-0.4, -0.2) is 17.8 Å². The van der Waals surface area contributed by atoms with Gasteiger partial charge in [0, 0.05) is 0 Å². The quantitative estimate of drug-likeness (QED) is 0.351. The molecule has 6 atom stereocenters. The monoisotopic (exact) mass is 385 g/mol. The highest BCUT2D eigenvalue weighted by atomic mass is 16.5. The second kappa shape index (κ2) is 5.89. The summed E-state index contributed by atoms with van der Waals surface area (Å²) in [5.74, 6) is 0.262. The average Bonchev–Trinajstić information content (AvgIpc) is 3.53. The number of hydrogen-bond acceptors (Lipinski definition) is 4. The zero-order chi connectivity index (χ0) is 19.7. The van der Waals surface area contributed by atoms with Crippen LogP contribution in [-0.2, 0) is 9.59 Å². The molecule has 7 rings (SSSR count). The molecular formula is C24H19NO4. The number of carbonyl (C=O) groups excluding carboxylic acids is 3. The summed E-state index contributed by atoms with van der Waals surface area (Å²) in [7, 11) is 0. The molecular weight excluding hydrogens is 366 g/mol. The summed E-state index contributed by atoms with van der Waals surface area (Å²) in [5.41, 5.74) is 0.770. The van der Waals surface area contributed by atoms with Crippen LogP contribution >= 0.6 is 0 Å². The van der Waals surface area contributed by atoms with E-state index in [1.807, 2.05) is 6.07 Å². The Labute approximate surface area is 168 Å². The first-order valence-electron chi connectivity index (χ1n) is 10.1. The topological polar surface area (TPSA) is 63.7 Å². The molecule has 2 saturated carbocycles. The van der Waals surface area contributed by atoms with Crippen molar-refractivity contribution in [1.82, 2.24) is 0 Å². The lowest BCUT2D eigenvalue weighted by Crippen LogP contribution is -2.40. The fraction of sp³-hybridized carbons (Fsp3) is 0.292. The van der Waals surface area contributed by atoms with Crippen molar-refractivity contribution < 1.29 is 19.1 Å². The molecule has 29 heavy (non-hydrogen) atoms. The number of nitrogens with zero attached hydrogens (tertiary/aromatic N) is 1. The normalized spacial score (nSPS) is 33.4. The SMILES string of the molecule is O=C(Oc1ccccc1N1C(=O)[C@@H]2[C@H]3C=C[C@@H]([C@@H]4C[C@H]34)[C@@H]2C1=O)c1ccccc1. The van der Waals surface area contributed by atoms with Gasteiger partial charge >= 0.3 is 5.97 Å². The van der Waals surface area contributed by atoms with Gasteiger partial charge in [0.25, 0.3) is 0 Å². The largest absolute Gasteiger partial charge is 0.421 e. The minimum atomic E-state index is -0.516. The summed E-state index contributed by atoms with van der Waals surface area (Å²) in [6.07, 6.45) is 5.42. The molecule has 0 aromatic heterocycles. The second-order valence-corrected chi connectivity index (χ2v) is 8.39. The van der Waals surface area contributed by atoms with E-state index >= 15 is 0 Å². The molecule has 4 aliphatic carbocycles. The molecule has 2 aromatic carbocycles. The highest BCUT2D eigenvalue weighted by Gasteiger charge is 2.67. The predicted octanol–water partition coefficient (Wildman–Crippen LogP) is 3.46. The molecule has 5 nitrogen and oxygen atoms in total. The van der Waals surface area contributed by atoms with Crippen molar-refractivity contribution in [2.24, 2.45) is 35.5 Å². The third kappa shape index (κ3) is 2.30. The number of hydrogen-bond donors (Lipinski definition) is 0. The van der Waals surface area contributed by atoms with Crippen molar-refractivity contribution in [1.29, 1.82) is 0 Å². The van der Waals surface area contributed by atoms with E-state index in [1.54, 1.807) is 48.5 Å². The second-order valence-electron chi connectivity index (χ2n) is 8.39. The van der Waals surface area contributed by atoms with Crippen molar-refractivity contribution in [3.05, 3.63) is 72.3 Å². The Hall–Kier alpha value is -3.21. The van der Waals surface area contributed by atoms with Gasteiger partial charge in [0.1, 0.15) is 0 Å². The Morgan fingerprint density at radius 1 is 0.828 bits per heavy atom. The zero-order valence-corrected chi connectivity index (χ0v) is 15.6. The number of rotatable bonds is 3. The van der Waals surface area contributed by atoms with Crippen LogP contribution in [0.5, 0.6) is 5.75 Å². The molecule has 1 aliphatic heterocycles. The number of imide groups is 1. The summed E-state index contributed by atoms with van der Waals surface area (Å²) in [6, 6.07) is 15.5. The highest BCUT2D eigenvalue weighted by molar-refractivity contribution is 6.23. The lowest BCUT2D eigenvalue weighted by molar-refractivity contribution is -0.124. The van der Waals surface area contributed by atoms with Crippen LogP contribution in [0.3, 0.4) is 0 Å². The molecule has 2 aromatic rings. The van der Waals surface area contributed by atoms with Crippen molar-refractivity contribution in [2.75, 3.05) is 4.90 Å². The van der Waals surface area contributed by atoms with Crippen molar-refractivity contribution in [3.8, 4) is 5.75 Å². The van der Waals surface area contributed by atoms with Crippen LogP contribution in [0.2, 0.25) is 0 Å². The third-order valence-electron chi connectivity index (χ3n) is 6.98. The van der Waals surface area contributed by atoms with Gasteiger partial charge in [-0.25, -0.2) is 9.69 Å². The minimum absolute atomic E-state index is 0.159. The third-order valence-corrected chi connectivity index (χ3v) is 6.98. The standard InChI is InChI=1S/C24H19NO4/c26-22-20-14-10-11-15(17-12-16(14)17)21(20)23(27)25(22)18-8-4-5-9-19(18)29-24(28)13-6-2-1-3-7-13/h1-11,14-17,20-21H,12H2/t14-,15-,16-,17+,20-,21+/m0/s1. The number of benzene rings is 2. The number of ether oxygens (including phenoxy) is 1. The van der Waals surface area contributed by atoms with E-state index < -0.39 is 5.97 Å². The fourth-order valence-corrected chi connectivity index (χ4v) is 5.66. The lowest BCUT2D eigenvalue weighted by atomic mass is 9.63. The van der Waals surface area contributed by atoms with Crippen molar-refractivity contribution in [2.45, 2.75) is 6.42 Å². The van der Waals surface area contributed by atoms with E-state index in [2.05, 4.69) is 12.2 Å². The summed E-state index contributed by atoms with van der Waals surface area (Å²) in [5, 5.41) is 0. The molecule has 0 radical (unpaired) electrons. The van der Waals surface area contributed by atoms with Crippen molar-refractivity contribution >= 4 is 23.5 Å². The number of amides is 2. The Morgan fingerprint density at radius 2 is 1.41 bits per heavy atom. The fourth-order valence-electron chi connectivity index (χ4n) is 5.66. The van der Waals surface area contributed by atoms with Crippen LogP contribution in [0.25, 0.3) is 0 Å². The molecule has 144 valence electrons. The van der Waals surface area contributed by atoms with Gasteiger partial charge in [0.05, 0.1) is 23.1 Å². The van der Waals surface area contributed by atoms with Gasteiger partial charge in [0.2, 0.25) is 11.8 Å². The molecule has 0 N–H and O–H groups in total. The minimum Gasteiger partial charge on any atom is -0.421 e. The van der Waals surface area contributed by atoms with Gasteiger partial charge in [-0.1, -0.05) is 42.5 Å². The maximum absolute atomic E-state index is 13.3. The lowest BCUT2D eigenvalue weighted by Gasteiger charge is -2.37. The molecule has 1 heterocycles. The maximum atomic E-state index is 13.3. The first kappa shape index (κ1) is 16.7. The van der Waals surface area contributed by atoms with Gasteiger partial charge in [-0.2, -0.15) is 0 Å². The van der Waals surface area contributed by atoms with Gasteiger partial charge < -0.3 is 4.74 Å². The smallest absolute Gasteiger partial charge is 0.343 e. The number of anilines is 1. The van der Waals surface area contributed by atoms with Crippen molar-refractivity contribution in [3.63, 3.8) is 0 Å². The van der Waals surface area contributed by atoms with Crippen LogP contribution in [0.1, 0.15) is 16.8 Å². The molecule has 2 bridgehead atoms. The summed E-state index contributed by atoms with van der Waals surface area (Å²) in [6.45, 7) is 0. The Morgan fingerprint density at radius 3 is 2.07 bits per heavy atom. The Balaban J connectivity index is 1.35. The first-order chi connectivity index (χ1) is 14.1. The Kier molecular flexibility index (Phi) is 3.40. The van der Waals surface area contributed by atoms with E-state index in [-0.39, 0.29) is 41.2 Å². The van der Waals surface area contributed by atoms with E-state index in [0.717, 1.165) is 6.42 Å². The molecule has 0 unspecified atom stereocenters. The van der Waals surface area contributed by atoms with E-state index in [9.17, 15) is 14.4 Å². The highest BCUT2D eigenvalue weighted by Crippen LogP contribution is 2.65. The molecule has 0 spiro atoms. The average molecular weight is 385 g/mol. The molecule has 5 aliphatic rings. The van der Waals surface area contributed by atoms with Crippen LogP contribution in [0, 0.1) is 35.5 Å². The van der Waals surface area contributed by atoms with Gasteiger partial charge in [-0.3, -0.25) is 9.59 Å². The van der Waals surface area contributed by atoms with Gasteiger partial charge in [-0.15, -0.1) is 0 Å².